The van der Waals surface area contributed by atoms with E-state index in [2.05, 4.69) is 0 Å². The molecule has 17 heavy (non-hydrogen) atoms. The van der Waals surface area contributed by atoms with Crippen molar-refractivity contribution in [1.29, 1.82) is 0 Å². The molecule has 0 radical (unpaired) electrons. The maximum Gasteiger partial charge on any atom is 0.310 e. The fraction of sp³-hybridized carbons (Fsp3) is 0.462. The van der Waals surface area contributed by atoms with Gasteiger partial charge in [0.2, 0.25) is 0 Å². The number of aliphatic carboxylic acids is 1. The Hall–Kier alpha value is -1.22. The number of benzene rings is 1. The van der Waals surface area contributed by atoms with Crippen LogP contribution >= 0.6 is 11.6 Å². The molecular weight excluding hydrogens is 240 g/mol. The smallest absolute Gasteiger partial charge is 0.310 e. The first-order valence-corrected chi connectivity index (χ1v) is 6.16. The lowest BCUT2D eigenvalue weighted by Gasteiger charge is -2.23. The molecule has 92 valence electrons. The number of aromatic hydroxyl groups is 1. The number of hydrogen-bond acceptors (Lipinski definition) is 2. The molecule has 0 saturated heterocycles. The van der Waals surface area contributed by atoms with Crippen LogP contribution in [-0.4, -0.2) is 16.2 Å². The summed E-state index contributed by atoms with van der Waals surface area (Å²) in [6.07, 6.45) is 3.87. The highest BCUT2D eigenvalue weighted by Gasteiger charge is 2.26. The van der Waals surface area contributed by atoms with Crippen molar-refractivity contribution >= 4 is 17.6 Å². The maximum absolute atomic E-state index is 11.1. The number of carboxylic acid groups (broad SMARTS) is 1. The molecule has 1 atom stereocenters. The molecule has 0 heterocycles. The minimum atomic E-state index is -0.935. The van der Waals surface area contributed by atoms with Gasteiger partial charge in [0.25, 0.3) is 0 Å². The van der Waals surface area contributed by atoms with Crippen LogP contribution in [0.2, 0.25) is 5.02 Å². The van der Waals surface area contributed by atoms with Gasteiger partial charge < -0.3 is 10.2 Å². The van der Waals surface area contributed by atoms with Crippen LogP contribution in [0.3, 0.4) is 0 Å². The molecule has 1 aromatic rings. The SMILES string of the molecule is CC(C(=O)O)c1c(O)c(Cl)cc2c1CCCC2. The van der Waals surface area contributed by atoms with Crippen LogP contribution in [0.15, 0.2) is 6.07 Å². The zero-order valence-corrected chi connectivity index (χ0v) is 10.4. The Labute approximate surface area is 105 Å². The highest BCUT2D eigenvalue weighted by atomic mass is 35.5. The van der Waals surface area contributed by atoms with Crippen molar-refractivity contribution in [2.75, 3.05) is 0 Å². The van der Waals surface area contributed by atoms with E-state index in [4.69, 9.17) is 16.7 Å². The quantitative estimate of drug-likeness (QED) is 0.853. The number of halogens is 1. The van der Waals surface area contributed by atoms with Gasteiger partial charge >= 0.3 is 5.97 Å². The van der Waals surface area contributed by atoms with Crippen LogP contribution < -0.4 is 0 Å². The largest absolute Gasteiger partial charge is 0.506 e. The van der Waals surface area contributed by atoms with Crippen LogP contribution in [0.4, 0.5) is 0 Å². The lowest BCUT2D eigenvalue weighted by Crippen LogP contribution is -2.14. The lowest BCUT2D eigenvalue weighted by atomic mass is 9.83. The minimum absolute atomic E-state index is 0.0674. The Morgan fingerprint density at radius 3 is 2.71 bits per heavy atom. The molecule has 0 spiro atoms. The molecule has 2 rings (SSSR count). The van der Waals surface area contributed by atoms with Crippen molar-refractivity contribution in [3.8, 4) is 5.75 Å². The first-order valence-electron chi connectivity index (χ1n) is 5.78. The molecular formula is C13H15ClO3. The van der Waals surface area contributed by atoms with Gasteiger partial charge in [-0.2, -0.15) is 0 Å². The minimum Gasteiger partial charge on any atom is -0.506 e. The molecule has 0 aromatic heterocycles. The van der Waals surface area contributed by atoms with Crippen molar-refractivity contribution in [2.45, 2.75) is 38.5 Å². The van der Waals surface area contributed by atoms with Crippen LogP contribution in [0.25, 0.3) is 0 Å². The van der Waals surface area contributed by atoms with Gasteiger partial charge in [-0.25, -0.2) is 0 Å². The van der Waals surface area contributed by atoms with Crippen LogP contribution in [0.5, 0.6) is 5.75 Å². The second-order valence-corrected chi connectivity index (χ2v) is 4.93. The van der Waals surface area contributed by atoms with Gasteiger partial charge in [-0.15, -0.1) is 0 Å². The van der Waals surface area contributed by atoms with Gasteiger partial charge in [-0.1, -0.05) is 11.6 Å². The Morgan fingerprint density at radius 1 is 1.41 bits per heavy atom. The number of carboxylic acids is 1. The number of carbonyl (C=O) groups is 1. The van der Waals surface area contributed by atoms with Crippen molar-refractivity contribution in [3.63, 3.8) is 0 Å². The number of hydrogen-bond donors (Lipinski definition) is 2. The average molecular weight is 255 g/mol. The second-order valence-electron chi connectivity index (χ2n) is 4.53. The summed E-state index contributed by atoms with van der Waals surface area (Å²) in [4.78, 5) is 11.1. The zero-order valence-electron chi connectivity index (χ0n) is 9.66. The van der Waals surface area contributed by atoms with Gasteiger partial charge in [-0.3, -0.25) is 4.79 Å². The maximum atomic E-state index is 11.1. The molecule has 1 aliphatic rings. The van der Waals surface area contributed by atoms with Gasteiger partial charge in [0, 0.05) is 5.56 Å². The van der Waals surface area contributed by atoms with Crippen LogP contribution in [0.1, 0.15) is 42.4 Å². The molecule has 0 amide bonds. The summed E-state index contributed by atoms with van der Waals surface area (Å²) in [5.41, 5.74) is 2.56. The number of aryl methyl sites for hydroxylation is 1. The first kappa shape index (κ1) is 12.2. The van der Waals surface area contributed by atoms with Gasteiger partial charge in [0.05, 0.1) is 10.9 Å². The molecule has 1 aliphatic carbocycles. The van der Waals surface area contributed by atoms with E-state index in [9.17, 15) is 9.90 Å². The van der Waals surface area contributed by atoms with Crippen LogP contribution in [-0.2, 0) is 17.6 Å². The summed E-state index contributed by atoms with van der Waals surface area (Å²) >= 11 is 5.96. The van der Waals surface area contributed by atoms with E-state index in [0.29, 0.717) is 5.56 Å². The highest BCUT2D eigenvalue weighted by molar-refractivity contribution is 6.32. The summed E-state index contributed by atoms with van der Waals surface area (Å²) in [5.74, 6) is -1.72. The molecule has 0 aliphatic heterocycles. The number of rotatable bonds is 2. The van der Waals surface area contributed by atoms with E-state index in [1.807, 2.05) is 0 Å². The topological polar surface area (TPSA) is 57.5 Å². The standard InChI is InChI=1S/C13H15ClO3/c1-7(13(16)17)11-9-5-3-2-4-8(9)6-10(14)12(11)15/h6-7,15H,2-5H2,1H3,(H,16,17). The van der Waals surface area contributed by atoms with E-state index >= 15 is 0 Å². The fourth-order valence-corrected chi connectivity index (χ4v) is 2.71. The lowest BCUT2D eigenvalue weighted by molar-refractivity contribution is -0.138. The third kappa shape index (κ3) is 2.12. The Morgan fingerprint density at radius 2 is 2.06 bits per heavy atom. The van der Waals surface area contributed by atoms with E-state index in [1.165, 1.54) is 0 Å². The average Bonchev–Trinajstić information content (AvgIpc) is 2.30. The monoisotopic (exact) mass is 254 g/mol. The highest BCUT2D eigenvalue weighted by Crippen LogP contribution is 2.40. The summed E-state index contributed by atoms with van der Waals surface area (Å²) in [6, 6.07) is 1.77. The molecule has 4 heteroatoms. The van der Waals surface area contributed by atoms with Gasteiger partial charge in [0.1, 0.15) is 5.75 Å². The zero-order chi connectivity index (χ0) is 12.6. The molecule has 0 fully saturated rings. The van der Waals surface area contributed by atoms with Crippen molar-refractivity contribution in [1.82, 2.24) is 0 Å². The van der Waals surface area contributed by atoms with E-state index in [-0.39, 0.29) is 10.8 Å². The van der Waals surface area contributed by atoms with E-state index in [0.717, 1.165) is 36.8 Å². The van der Waals surface area contributed by atoms with Crippen molar-refractivity contribution in [2.24, 2.45) is 0 Å². The van der Waals surface area contributed by atoms with Crippen molar-refractivity contribution in [3.05, 3.63) is 27.8 Å². The molecule has 3 nitrogen and oxygen atoms in total. The molecule has 1 aromatic carbocycles. The Balaban J connectivity index is 2.62. The first-order chi connectivity index (χ1) is 8.02. The third-order valence-electron chi connectivity index (χ3n) is 3.42. The summed E-state index contributed by atoms with van der Waals surface area (Å²) in [7, 11) is 0. The number of fused-ring (bicyclic) bond motifs is 1. The predicted molar refractivity (Wildman–Crippen MR) is 65.8 cm³/mol. The molecule has 2 N–H and O–H groups in total. The number of phenols is 1. The summed E-state index contributed by atoms with van der Waals surface area (Å²) < 4.78 is 0. The third-order valence-corrected chi connectivity index (χ3v) is 3.71. The van der Waals surface area contributed by atoms with Gasteiger partial charge in [0.15, 0.2) is 0 Å². The molecule has 0 bridgehead atoms. The fourth-order valence-electron chi connectivity index (χ4n) is 2.48. The summed E-state index contributed by atoms with van der Waals surface area (Å²) in [6.45, 7) is 1.59. The molecule has 1 unspecified atom stereocenters. The second kappa shape index (κ2) is 4.57. The van der Waals surface area contributed by atoms with Crippen LogP contribution in [0, 0.1) is 0 Å². The van der Waals surface area contributed by atoms with Crippen molar-refractivity contribution < 1.29 is 15.0 Å². The van der Waals surface area contributed by atoms with E-state index < -0.39 is 11.9 Å². The Kier molecular flexibility index (Phi) is 3.29. The normalized spacial score (nSPS) is 16.4. The molecule has 0 saturated carbocycles. The predicted octanol–water partition coefficient (Wildman–Crippen LogP) is 3.11. The number of phenolic OH excluding ortho intramolecular Hbond substituents is 1. The summed E-state index contributed by atoms with van der Waals surface area (Å²) in [5, 5.41) is 19.3. The Bertz CT molecular complexity index is 468. The van der Waals surface area contributed by atoms with E-state index in [1.54, 1.807) is 13.0 Å². The van der Waals surface area contributed by atoms with Gasteiger partial charge in [-0.05, 0) is 49.8 Å².